The van der Waals surface area contributed by atoms with Gasteiger partial charge in [0, 0.05) is 29.1 Å². The van der Waals surface area contributed by atoms with Crippen LogP contribution < -0.4 is 5.32 Å². The van der Waals surface area contributed by atoms with Crippen LogP contribution in [0.1, 0.15) is 6.92 Å². The number of benzene rings is 2. The van der Waals surface area contributed by atoms with Crippen molar-refractivity contribution in [1.29, 1.82) is 0 Å². The molecule has 0 spiro atoms. The summed E-state index contributed by atoms with van der Waals surface area (Å²) >= 11 is 1.50. The van der Waals surface area contributed by atoms with Gasteiger partial charge in [-0.3, -0.25) is 4.79 Å². The first-order valence-electron chi connectivity index (χ1n) is 6.48. The molecule has 1 aromatic heterocycles. The average Bonchev–Trinajstić information content (AvgIpc) is 2.49. The molecule has 0 fully saturated rings. The fourth-order valence-corrected chi connectivity index (χ4v) is 2.65. The minimum atomic E-state index is -0.0757. The zero-order valence-corrected chi connectivity index (χ0v) is 12.2. The number of nitrogens with one attached hydrogen (secondary N) is 1. The number of rotatable bonds is 3. The Bertz CT molecular complexity index is 787. The Morgan fingerprint density at radius 1 is 1.10 bits per heavy atom. The van der Waals surface area contributed by atoms with Crippen LogP contribution >= 0.6 is 11.8 Å². The van der Waals surface area contributed by atoms with E-state index in [1.165, 1.54) is 18.7 Å². The van der Waals surface area contributed by atoms with Crippen molar-refractivity contribution in [2.24, 2.45) is 0 Å². The molecule has 0 saturated carbocycles. The molecule has 3 rings (SSSR count). The first kappa shape index (κ1) is 13.6. The molecule has 0 unspecified atom stereocenters. The fourth-order valence-electron chi connectivity index (χ4n) is 1.92. The lowest BCUT2D eigenvalue weighted by atomic mass is 10.2. The molecule has 4 nitrogen and oxygen atoms in total. The van der Waals surface area contributed by atoms with E-state index in [2.05, 4.69) is 15.3 Å². The third-order valence-corrected chi connectivity index (χ3v) is 3.74. The highest BCUT2D eigenvalue weighted by atomic mass is 32.2. The molecule has 21 heavy (non-hydrogen) atoms. The Morgan fingerprint density at radius 2 is 1.86 bits per heavy atom. The lowest BCUT2D eigenvalue weighted by molar-refractivity contribution is -0.114. The van der Waals surface area contributed by atoms with Gasteiger partial charge in [0.05, 0.1) is 5.52 Å². The summed E-state index contributed by atoms with van der Waals surface area (Å²) in [6.45, 7) is 1.49. The molecule has 0 saturated heterocycles. The van der Waals surface area contributed by atoms with Crippen LogP contribution in [0, 0.1) is 0 Å². The van der Waals surface area contributed by atoms with Gasteiger partial charge in [-0.25, -0.2) is 9.97 Å². The maximum Gasteiger partial charge on any atom is 0.221 e. The Labute approximate surface area is 126 Å². The van der Waals surface area contributed by atoms with Gasteiger partial charge in [0.25, 0.3) is 0 Å². The number of fused-ring (bicyclic) bond motifs is 1. The maximum absolute atomic E-state index is 11.0. The molecule has 5 heteroatoms. The number of para-hydroxylation sites is 1. The van der Waals surface area contributed by atoms with Gasteiger partial charge in [-0.1, -0.05) is 18.2 Å². The molecule has 0 aliphatic carbocycles. The second-order valence-electron chi connectivity index (χ2n) is 4.52. The highest BCUT2D eigenvalue weighted by Crippen LogP contribution is 2.26. The SMILES string of the molecule is CC(=O)Nc1ccc(Sc2ncc3ccccc3n2)cc1. The molecule has 1 N–H and O–H groups in total. The van der Waals surface area contributed by atoms with Crippen LogP contribution in [0.4, 0.5) is 5.69 Å². The van der Waals surface area contributed by atoms with Crippen molar-refractivity contribution in [3.63, 3.8) is 0 Å². The summed E-state index contributed by atoms with van der Waals surface area (Å²) < 4.78 is 0. The normalized spacial score (nSPS) is 10.5. The van der Waals surface area contributed by atoms with Gasteiger partial charge >= 0.3 is 0 Å². The van der Waals surface area contributed by atoms with Gasteiger partial charge in [0.2, 0.25) is 5.91 Å². The van der Waals surface area contributed by atoms with E-state index in [0.29, 0.717) is 5.16 Å². The van der Waals surface area contributed by atoms with Crippen molar-refractivity contribution in [2.75, 3.05) is 5.32 Å². The van der Waals surface area contributed by atoms with E-state index in [4.69, 9.17) is 0 Å². The quantitative estimate of drug-likeness (QED) is 0.748. The van der Waals surface area contributed by atoms with Crippen molar-refractivity contribution >= 4 is 34.3 Å². The van der Waals surface area contributed by atoms with Crippen LogP contribution in [0.3, 0.4) is 0 Å². The molecular formula is C16H13N3OS. The summed E-state index contributed by atoms with van der Waals surface area (Å²) in [7, 11) is 0. The van der Waals surface area contributed by atoms with E-state index in [9.17, 15) is 4.79 Å². The molecule has 0 aliphatic rings. The molecule has 2 aromatic carbocycles. The number of carbonyl (C=O) groups is 1. The summed E-state index contributed by atoms with van der Waals surface area (Å²) in [4.78, 5) is 20.9. The van der Waals surface area contributed by atoms with E-state index in [-0.39, 0.29) is 5.91 Å². The smallest absolute Gasteiger partial charge is 0.221 e. The van der Waals surface area contributed by atoms with Crippen molar-refractivity contribution < 1.29 is 4.79 Å². The molecule has 0 aliphatic heterocycles. The number of aromatic nitrogens is 2. The third-order valence-electron chi connectivity index (χ3n) is 2.85. The number of amides is 1. The number of nitrogens with zero attached hydrogens (tertiary/aromatic N) is 2. The summed E-state index contributed by atoms with van der Waals surface area (Å²) in [6.07, 6.45) is 1.83. The van der Waals surface area contributed by atoms with Gasteiger partial charge in [0.1, 0.15) is 0 Å². The molecule has 3 aromatic rings. The first-order chi connectivity index (χ1) is 10.2. The van der Waals surface area contributed by atoms with E-state index >= 15 is 0 Å². The highest BCUT2D eigenvalue weighted by Gasteiger charge is 2.03. The third kappa shape index (κ3) is 3.38. The molecule has 0 atom stereocenters. The summed E-state index contributed by atoms with van der Waals surface area (Å²) in [5, 5.41) is 4.48. The van der Waals surface area contributed by atoms with Crippen LogP contribution in [0.15, 0.2) is 64.8 Å². The minimum absolute atomic E-state index is 0.0757. The second-order valence-corrected chi connectivity index (χ2v) is 5.56. The fraction of sp³-hybridized carbons (Fsp3) is 0.0625. The molecule has 1 heterocycles. The van der Waals surface area contributed by atoms with Gasteiger partial charge in [0.15, 0.2) is 5.16 Å². The van der Waals surface area contributed by atoms with Gasteiger partial charge in [-0.2, -0.15) is 0 Å². The van der Waals surface area contributed by atoms with Crippen LogP contribution in [-0.4, -0.2) is 15.9 Å². The minimum Gasteiger partial charge on any atom is -0.326 e. The van der Waals surface area contributed by atoms with E-state index in [1.807, 2.05) is 54.7 Å². The zero-order valence-electron chi connectivity index (χ0n) is 11.4. The van der Waals surface area contributed by atoms with Crippen molar-refractivity contribution in [1.82, 2.24) is 9.97 Å². The van der Waals surface area contributed by atoms with Gasteiger partial charge < -0.3 is 5.32 Å². The number of anilines is 1. The van der Waals surface area contributed by atoms with E-state index < -0.39 is 0 Å². The summed E-state index contributed by atoms with van der Waals surface area (Å²) in [6, 6.07) is 15.5. The Morgan fingerprint density at radius 3 is 2.62 bits per heavy atom. The Balaban J connectivity index is 1.79. The monoisotopic (exact) mass is 295 g/mol. The highest BCUT2D eigenvalue weighted by molar-refractivity contribution is 7.99. The lowest BCUT2D eigenvalue weighted by Crippen LogP contribution is -2.05. The summed E-state index contributed by atoms with van der Waals surface area (Å²) in [5.41, 5.74) is 1.72. The van der Waals surface area contributed by atoms with Crippen molar-refractivity contribution in [3.8, 4) is 0 Å². The largest absolute Gasteiger partial charge is 0.326 e. The molecule has 0 radical (unpaired) electrons. The van der Waals surface area contributed by atoms with Crippen molar-refractivity contribution in [3.05, 3.63) is 54.7 Å². The number of hydrogen-bond acceptors (Lipinski definition) is 4. The second kappa shape index (κ2) is 5.93. The predicted octanol–water partition coefficient (Wildman–Crippen LogP) is 3.74. The molecule has 104 valence electrons. The molecule has 0 bridgehead atoms. The topological polar surface area (TPSA) is 54.9 Å². The summed E-state index contributed by atoms with van der Waals surface area (Å²) in [5.74, 6) is -0.0757. The van der Waals surface area contributed by atoms with Gasteiger partial charge in [-0.05, 0) is 42.1 Å². The van der Waals surface area contributed by atoms with Crippen LogP contribution in [0.5, 0.6) is 0 Å². The van der Waals surface area contributed by atoms with E-state index in [1.54, 1.807) is 0 Å². The number of carbonyl (C=O) groups excluding carboxylic acids is 1. The standard InChI is InChI=1S/C16H13N3OS/c1-11(20)18-13-6-8-14(9-7-13)21-16-17-10-12-4-2-3-5-15(12)19-16/h2-10H,1H3,(H,18,20). The first-order valence-corrected chi connectivity index (χ1v) is 7.30. The van der Waals surface area contributed by atoms with Crippen LogP contribution in [0.25, 0.3) is 10.9 Å². The van der Waals surface area contributed by atoms with Crippen LogP contribution in [-0.2, 0) is 4.79 Å². The maximum atomic E-state index is 11.0. The molecule has 1 amide bonds. The van der Waals surface area contributed by atoms with Gasteiger partial charge in [-0.15, -0.1) is 0 Å². The average molecular weight is 295 g/mol. The zero-order chi connectivity index (χ0) is 14.7. The Kier molecular flexibility index (Phi) is 3.83. The lowest BCUT2D eigenvalue weighted by Gasteiger charge is -2.04. The Hall–Kier alpha value is -2.40. The number of hydrogen-bond donors (Lipinski definition) is 1. The van der Waals surface area contributed by atoms with Crippen LogP contribution in [0.2, 0.25) is 0 Å². The van der Waals surface area contributed by atoms with E-state index in [0.717, 1.165) is 21.5 Å². The molecular weight excluding hydrogens is 282 g/mol. The predicted molar refractivity (Wildman–Crippen MR) is 84.4 cm³/mol. The van der Waals surface area contributed by atoms with Crippen molar-refractivity contribution in [2.45, 2.75) is 17.0 Å².